The molecule has 0 N–H and O–H groups in total. The van der Waals surface area contributed by atoms with Crippen molar-refractivity contribution in [1.29, 1.82) is 0 Å². The third-order valence-electron chi connectivity index (χ3n) is 3.30. The first-order chi connectivity index (χ1) is 10.7. The molecule has 1 aromatic heterocycles. The Morgan fingerprint density at radius 1 is 1.09 bits per heavy atom. The molecule has 110 valence electrons. The number of hydrogen-bond donors (Lipinski definition) is 0. The summed E-state index contributed by atoms with van der Waals surface area (Å²) < 4.78 is 5.33. The standard InChI is InChI=1S/C18H14O3S/c1-2-22-14-9-8-13-10-15(18(20)21-16(13)11-14)17(19)12-6-4-3-5-7-12/h3-11H,2H2,1H3. The van der Waals surface area contributed by atoms with Crippen LogP contribution >= 0.6 is 11.8 Å². The Kier molecular flexibility index (Phi) is 4.11. The molecule has 0 saturated heterocycles. The minimum absolute atomic E-state index is 0.0644. The van der Waals surface area contributed by atoms with Crippen molar-refractivity contribution in [1.82, 2.24) is 0 Å². The van der Waals surface area contributed by atoms with Crippen LogP contribution in [0.4, 0.5) is 0 Å². The van der Waals surface area contributed by atoms with Gasteiger partial charge in [0.1, 0.15) is 11.1 Å². The minimum Gasteiger partial charge on any atom is -0.422 e. The van der Waals surface area contributed by atoms with E-state index in [4.69, 9.17) is 4.42 Å². The highest BCUT2D eigenvalue weighted by atomic mass is 32.2. The smallest absolute Gasteiger partial charge is 0.347 e. The van der Waals surface area contributed by atoms with Crippen molar-refractivity contribution in [2.45, 2.75) is 11.8 Å². The Morgan fingerprint density at radius 3 is 2.59 bits per heavy atom. The highest BCUT2D eigenvalue weighted by Crippen LogP contribution is 2.23. The number of rotatable bonds is 4. The van der Waals surface area contributed by atoms with E-state index in [-0.39, 0.29) is 11.3 Å². The zero-order chi connectivity index (χ0) is 15.5. The van der Waals surface area contributed by atoms with Crippen LogP contribution in [0.25, 0.3) is 11.0 Å². The Hall–Kier alpha value is -2.33. The third-order valence-corrected chi connectivity index (χ3v) is 4.17. The van der Waals surface area contributed by atoms with Gasteiger partial charge in [-0.15, -0.1) is 11.8 Å². The summed E-state index contributed by atoms with van der Waals surface area (Å²) in [6.07, 6.45) is 0. The van der Waals surface area contributed by atoms with Crippen LogP contribution in [0.1, 0.15) is 22.8 Å². The Labute approximate surface area is 132 Å². The van der Waals surface area contributed by atoms with Gasteiger partial charge in [-0.2, -0.15) is 0 Å². The fraction of sp³-hybridized carbons (Fsp3) is 0.111. The second-order valence-electron chi connectivity index (χ2n) is 4.78. The molecule has 0 aliphatic rings. The van der Waals surface area contributed by atoms with E-state index in [2.05, 4.69) is 6.92 Å². The summed E-state index contributed by atoms with van der Waals surface area (Å²) in [7, 11) is 0. The largest absolute Gasteiger partial charge is 0.422 e. The van der Waals surface area contributed by atoms with Crippen molar-refractivity contribution >= 4 is 28.5 Å². The lowest BCUT2D eigenvalue weighted by molar-refractivity contribution is 0.103. The number of ketones is 1. The van der Waals surface area contributed by atoms with E-state index < -0.39 is 5.63 Å². The molecule has 3 aromatic rings. The number of thioether (sulfide) groups is 1. The highest BCUT2D eigenvalue weighted by molar-refractivity contribution is 7.99. The van der Waals surface area contributed by atoms with Gasteiger partial charge in [-0.25, -0.2) is 4.79 Å². The fourth-order valence-electron chi connectivity index (χ4n) is 2.25. The second-order valence-corrected chi connectivity index (χ2v) is 6.11. The van der Waals surface area contributed by atoms with Gasteiger partial charge >= 0.3 is 5.63 Å². The van der Waals surface area contributed by atoms with E-state index in [0.29, 0.717) is 11.1 Å². The number of benzene rings is 2. The first kappa shape index (κ1) is 14.6. The molecule has 2 aromatic carbocycles. The highest BCUT2D eigenvalue weighted by Gasteiger charge is 2.15. The molecule has 0 unspecified atom stereocenters. The van der Waals surface area contributed by atoms with Crippen molar-refractivity contribution in [2.75, 3.05) is 5.75 Å². The summed E-state index contributed by atoms with van der Waals surface area (Å²) in [6.45, 7) is 2.06. The second kappa shape index (κ2) is 6.20. The molecule has 0 aliphatic carbocycles. The van der Waals surface area contributed by atoms with Gasteiger partial charge in [0.2, 0.25) is 0 Å². The fourth-order valence-corrected chi connectivity index (χ4v) is 2.94. The lowest BCUT2D eigenvalue weighted by atomic mass is 10.0. The molecular formula is C18H14O3S. The van der Waals surface area contributed by atoms with E-state index in [9.17, 15) is 9.59 Å². The summed E-state index contributed by atoms with van der Waals surface area (Å²) in [5, 5.41) is 0.749. The van der Waals surface area contributed by atoms with Crippen LogP contribution in [0.15, 0.2) is 68.7 Å². The van der Waals surface area contributed by atoms with Gasteiger partial charge in [-0.05, 0) is 24.0 Å². The molecule has 3 nitrogen and oxygen atoms in total. The van der Waals surface area contributed by atoms with E-state index in [1.165, 1.54) is 0 Å². The van der Waals surface area contributed by atoms with Crippen molar-refractivity contribution in [2.24, 2.45) is 0 Å². The maximum Gasteiger partial charge on any atom is 0.347 e. The average Bonchev–Trinajstić information content (AvgIpc) is 2.54. The molecular weight excluding hydrogens is 296 g/mol. The Balaban J connectivity index is 2.08. The monoisotopic (exact) mass is 310 g/mol. The number of carbonyl (C=O) groups excluding carboxylic acids is 1. The van der Waals surface area contributed by atoms with E-state index in [1.807, 2.05) is 24.3 Å². The molecule has 22 heavy (non-hydrogen) atoms. The predicted octanol–water partition coefficient (Wildman–Crippen LogP) is 4.14. The van der Waals surface area contributed by atoms with Gasteiger partial charge in [0.15, 0.2) is 5.78 Å². The summed E-state index contributed by atoms with van der Waals surface area (Å²) in [6, 6.07) is 16.0. The topological polar surface area (TPSA) is 47.3 Å². The van der Waals surface area contributed by atoms with Crippen LogP contribution < -0.4 is 5.63 Å². The molecule has 0 atom stereocenters. The molecule has 3 rings (SSSR count). The van der Waals surface area contributed by atoms with E-state index in [0.717, 1.165) is 16.0 Å². The van der Waals surface area contributed by atoms with Crippen molar-refractivity contribution in [3.63, 3.8) is 0 Å². The lowest BCUT2D eigenvalue weighted by Crippen LogP contribution is -2.14. The molecule has 1 heterocycles. The molecule has 0 radical (unpaired) electrons. The lowest BCUT2D eigenvalue weighted by Gasteiger charge is -2.04. The van der Waals surface area contributed by atoms with Crippen LogP contribution in [0.5, 0.6) is 0 Å². The van der Waals surface area contributed by atoms with Crippen LogP contribution in [0.2, 0.25) is 0 Å². The van der Waals surface area contributed by atoms with Gasteiger partial charge in [0.25, 0.3) is 0 Å². The maximum atomic E-state index is 12.4. The summed E-state index contributed by atoms with van der Waals surface area (Å²) in [4.78, 5) is 25.6. The van der Waals surface area contributed by atoms with Crippen LogP contribution in [0, 0.1) is 0 Å². The Morgan fingerprint density at radius 2 is 1.86 bits per heavy atom. The van der Waals surface area contributed by atoms with Crippen LogP contribution in [-0.4, -0.2) is 11.5 Å². The van der Waals surface area contributed by atoms with Crippen molar-refractivity contribution in [3.05, 3.63) is 76.1 Å². The van der Waals surface area contributed by atoms with Crippen LogP contribution in [-0.2, 0) is 0 Å². The molecule has 0 bridgehead atoms. The molecule has 0 aliphatic heterocycles. The number of hydrogen-bond acceptors (Lipinski definition) is 4. The average molecular weight is 310 g/mol. The quantitative estimate of drug-likeness (QED) is 0.413. The number of fused-ring (bicyclic) bond motifs is 1. The normalized spacial score (nSPS) is 10.8. The first-order valence-corrected chi connectivity index (χ1v) is 7.98. The van der Waals surface area contributed by atoms with Gasteiger partial charge < -0.3 is 4.42 Å². The molecule has 0 amide bonds. The van der Waals surface area contributed by atoms with E-state index >= 15 is 0 Å². The molecule has 0 spiro atoms. The maximum absolute atomic E-state index is 12.4. The predicted molar refractivity (Wildman–Crippen MR) is 88.8 cm³/mol. The molecule has 0 saturated carbocycles. The number of carbonyl (C=O) groups is 1. The SMILES string of the molecule is CCSc1ccc2cc(C(=O)c3ccccc3)c(=O)oc2c1. The molecule has 0 fully saturated rings. The molecule has 4 heteroatoms. The van der Waals surface area contributed by atoms with Gasteiger partial charge in [0, 0.05) is 15.8 Å². The van der Waals surface area contributed by atoms with Crippen molar-refractivity contribution < 1.29 is 9.21 Å². The summed E-state index contributed by atoms with van der Waals surface area (Å²) >= 11 is 1.67. The van der Waals surface area contributed by atoms with Crippen molar-refractivity contribution in [3.8, 4) is 0 Å². The minimum atomic E-state index is -0.597. The third kappa shape index (κ3) is 2.83. The summed E-state index contributed by atoms with van der Waals surface area (Å²) in [5.41, 5.74) is 0.454. The Bertz CT molecular complexity index is 882. The van der Waals surface area contributed by atoms with E-state index in [1.54, 1.807) is 42.1 Å². The zero-order valence-corrected chi connectivity index (χ0v) is 12.9. The zero-order valence-electron chi connectivity index (χ0n) is 12.0. The first-order valence-electron chi connectivity index (χ1n) is 6.99. The van der Waals surface area contributed by atoms with Gasteiger partial charge in [0.05, 0.1) is 0 Å². The van der Waals surface area contributed by atoms with Gasteiger partial charge in [-0.1, -0.05) is 43.3 Å². The summed E-state index contributed by atoms with van der Waals surface area (Å²) in [5.74, 6) is 0.628. The van der Waals surface area contributed by atoms with Crippen LogP contribution in [0.3, 0.4) is 0 Å². The van der Waals surface area contributed by atoms with Gasteiger partial charge in [-0.3, -0.25) is 4.79 Å².